The topological polar surface area (TPSA) is 55.6 Å². The highest BCUT2D eigenvalue weighted by molar-refractivity contribution is 5.77. The van der Waals surface area contributed by atoms with E-state index in [-0.39, 0.29) is 17.6 Å². The van der Waals surface area contributed by atoms with Crippen LogP contribution < -0.4 is 5.73 Å². The van der Waals surface area contributed by atoms with Gasteiger partial charge in [-0.3, -0.25) is 4.79 Å². The third-order valence-electron chi connectivity index (χ3n) is 3.40. The molecule has 1 amide bonds. The summed E-state index contributed by atoms with van der Waals surface area (Å²) in [5.74, 6) is 0.104. The molecule has 1 aliphatic rings. The maximum atomic E-state index is 12.3. The third kappa shape index (κ3) is 3.78. The number of benzene rings is 1. The lowest BCUT2D eigenvalue weighted by Gasteiger charge is -2.38. The summed E-state index contributed by atoms with van der Waals surface area (Å²) >= 11 is 0. The van der Waals surface area contributed by atoms with Gasteiger partial charge in [0.25, 0.3) is 0 Å². The van der Waals surface area contributed by atoms with Crippen molar-refractivity contribution < 1.29 is 9.53 Å². The van der Waals surface area contributed by atoms with Gasteiger partial charge in [0.2, 0.25) is 5.91 Å². The highest BCUT2D eigenvalue weighted by Gasteiger charge is 2.30. The molecule has 1 aliphatic heterocycles. The van der Waals surface area contributed by atoms with Gasteiger partial charge in [0, 0.05) is 25.6 Å². The van der Waals surface area contributed by atoms with Gasteiger partial charge in [-0.05, 0) is 19.4 Å². The fourth-order valence-corrected chi connectivity index (χ4v) is 2.36. The minimum absolute atomic E-state index is 0.104. The number of ether oxygens (including phenoxy) is 1. The van der Waals surface area contributed by atoms with Gasteiger partial charge in [-0.25, -0.2) is 0 Å². The third-order valence-corrected chi connectivity index (χ3v) is 3.40. The molecule has 104 valence electrons. The van der Waals surface area contributed by atoms with Crippen LogP contribution in [0.1, 0.15) is 31.9 Å². The van der Waals surface area contributed by atoms with Crippen LogP contribution in [0.5, 0.6) is 0 Å². The number of nitrogens with two attached hydrogens (primary N) is 1. The summed E-state index contributed by atoms with van der Waals surface area (Å²) in [4.78, 5) is 14.1. The zero-order chi connectivity index (χ0) is 13.9. The molecule has 1 aromatic rings. The Bertz CT molecular complexity index is 431. The summed E-state index contributed by atoms with van der Waals surface area (Å²) < 4.78 is 5.61. The van der Waals surface area contributed by atoms with Gasteiger partial charge in [-0.2, -0.15) is 0 Å². The summed E-state index contributed by atoms with van der Waals surface area (Å²) in [6.45, 7) is 5.89. The lowest BCUT2D eigenvalue weighted by atomic mass is 10.0. The number of rotatable bonds is 3. The molecule has 1 atom stereocenters. The molecule has 1 heterocycles. The molecule has 19 heavy (non-hydrogen) atoms. The highest BCUT2D eigenvalue weighted by Crippen LogP contribution is 2.20. The van der Waals surface area contributed by atoms with Crippen molar-refractivity contribution in [1.29, 1.82) is 0 Å². The molecule has 0 aromatic heterocycles. The molecular formula is C15H22N2O2. The van der Waals surface area contributed by atoms with E-state index in [0.29, 0.717) is 26.1 Å². The molecule has 0 spiro atoms. The average Bonchev–Trinajstić information content (AvgIpc) is 2.38. The summed E-state index contributed by atoms with van der Waals surface area (Å²) in [6.07, 6.45) is 0.347. The van der Waals surface area contributed by atoms with Crippen molar-refractivity contribution in [2.45, 2.75) is 31.9 Å². The molecule has 1 saturated heterocycles. The van der Waals surface area contributed by atoms with Crippen LogP contribution in [0.3, 0.4) is 0 Å². The van der Waals surface area contributed by atoms with Gasteiger partial charge >= 0.3 is 0 Å². The lowest BCUT2D eigenvalue weighted by molar-refractivity contribution is -0.146. The molecule has 4 heteroatoms. The van der Waals surface area contributed by atoms with Crippen LogP contribution in [0.4, 0.5) is 0 Å². The number of nitrogens with zero attached hydrogens (tertiary/aromatic N) is 1. The second-order valence-corrected chi connectivity index (χ2v) is 5.64. The Balaban J connectivity index is 1.94. The van der Waals surface area contributed by atoms with Crippen molar-refractivity contribution >= 4 is 5.91 Å². The van der Waals surface area contributed by atoms with Crippen LogP contribution in [0, 0.1) is 0 Å². The van der Waals surface area contributed by atoms with E-state index >= 15 is 0 Å². The fraction of sp³-hybridized carbons (Fsp3) is 0.533. The number of carbonyl (C=O) groups is 1. The van der Waals surface area contributed by atoms with E-state index in [1.165, 1.54) is 0 Å². The van der Waals surface area contributed by atoms with Gasteiger partial charge in [-0.1, -0.05) is 30.3 Å². The second-order valence-electron chi connectivity index (χ2n) is 5.64. The quantitative estimate of drug-likeness (QED) is 0.902. The number of carbonyl (C=O) groups excluding carboxylic acids is 1. The maximum absolute atomic E-state index is 12.3. The lowest BCUT2D eigenvalue weighted by Crippen LogP contribution is -2.51. The van der Waals surface area contributed by atoms with Crippen molar-refractivity contribution in [1.82, 2.24) is 4.90 Å². The summed E-state index contributed by atoms with van der Waals surface area (Å²) in [5.41, 5.74) is 6.84. The van der Waals surface area contributed by atoms with Crippen molar-refractivity contribution in [2.75, 3.05) is 19.7 Å². The first-order chi connectivity index (χ1) is 8.98. The number of amides is 1. The molecule has 2 rings (SSSR count). The molecule has 0 bridgehead atoms. The van der Waals surface area contributed by atoms with Gasteiger partial charge in [0.05, 0.1) is 12.2 Å². The Morgan fingerprint density at radius 3 is 2.74 bits per heavy atom. The summed E-state index contributed by atoms with van der Waals surface area (Å²) in [7, 11) is 0. The predicted molar refractivity (Wildman–Crippen MR) is 74.6 cm³/mol. The van der Waals surface area contributed by atoms with Crippen LogP contribution >= 0.6 is 0 Å². The Labute approximate surface area is 114 Å². The fourth-order valence-electron chi connectivity index (χ4n) is 2.36. The van der Waals surface area contributed by atoms with E-state index in [1.807, 2.05) is 49.1 Å². The van der Waals surface area contributed by atoms with Crippen molar-refractivity contribution in [3.05, 3.63) is 35.9 Å². The van der Waals surface area contributed by atoms with Gasteiger partial charge < -0.3 is 15.4 Å². The van der Waals surface area contributed by atoms with Crippen LogP contribution in [0.25, 0.3) is 0 Å². The van der Waals surface area contributed by atoms with E-state index in [4.69, 9.17) is 10.5 Å². The van der Waals surface area contributed by atoms with Gasteiger partial charge in [-0.15, -0.1) is 0 Å². The van der Waals surface area contributed by atoms with E-state index in [2.05, 4.69) is 0 Å². The van der Waals surface area contributed by atoms with Crippen LogP contribution in [-0.4, -0.2) is 36.1 Å². The van der Waals surface area contributed by atoms with Crippen LogP contribution in [0.2, 0.25) is 0 Å². The van der Waals surface area contributed by atoms with E-state index < -0.39 is 0 Å². The molecular weight excluding hydrogens is 240 g/mol. The molecule has 0 saturated carbocycles. The number of morpholine rings is 1. The molecule has 2 N–H and O–H groups in total. The molecule has 0 radical (unpaired) electrons. The molecule has 1 aromatic carbocycles. The SMILES string of the molecule is CC1(C)CN(C(=O)CC(N)c2ccccc2)CCO1. The first-order valence-electron chi connectivity index (χ1n) is 6.70. The maximum Gasteiger partial charge on any atom is 0.224 e. The van der Waals surface area contributed by atoms with Gasteiger partial charge in [0.1, 0.15) is 0 Å². The largest absolute Gasteiger partial charge is 0.372 e. The van der Waals surface area contributed by atoms with Crippen molar-refractivity contribution in [3.63, 3.8) is 0 Å². The summed E-state index contributed by atoms with van der Waals surface area (Å²) in [6, 6.07) is 9.51. The highest BCUT2D eigenvalue weighted by atomic mass is 16.5. The molecule has 1 fully saturated rings. The second kappa shape index (κ2) is 5.72. The normalized spacial score (nSPS) is 20.1. The van der Waals surface area contributed by atoms with Crippen LogP contribution in [0.15, 0.2) is 30.3 Å². The smallest absolute Gasteiger partial charge is 0.224 e. The molecule has 0 aliphatic carbocycles. The standard InChI is InChI=1S/C15H22N2O2/c1-15(2)11-17(8-9-19-15)14(18)10-13(16)12-6-4-3-5-7-12/h3-7,13H,8-11,16H2,1-2H3. The Kier molecular flexibility index (Phi) is 4.22. The predicted octanol–water partition coefficient (Wildman–Crippen LogP) is 1.71. The van der Waals surface area contributed by atoms with Crippen molar-refractivity contribution in [2.24, 2.45) is 5.73 Å². The van der Waals surface area contributed by atoms with E-state index in [0.717, 1.165) is 5.56 Å². The first kappa shape index (κ1) is 14.0. The van der Waals surface area contributed by atoms with Gasteiger partial charge in [0.15, 0.2) is 0 Å². The number of hydrogen-bond acceptors (Lipinski definition) is 3. The monoisotopic (exact) mass is 262 g/mol. The van der Waals surface area contributed by atoms with Crippen molar-refractivity contribution in [3.8, 4) is 0 Å². The van der Waals surface area contributed by atoms with E-state index in [1.54, 1.807) is 0 Å². The molecule has 4 nitrogen and oxygen atoms in total. The first-order valence-corrected chi connectivity index (χ1v) is 6.70. The minimum atomic E-state index is -0.259. The molecule has 1 unspecified atom stereocenters. The Morgan fingerprint density at radius 2 is 2.11 bits per heavy atom. The van der Waals surface area contributed by atoms with E-state index in [9.17, 15) is 4.79 Å². The number of hydrogen-bond donors (Lipinski definition) is 1. The minimum Gasteiger partial charge on any atom is -0.372 e. The zero-order valence-electron chi connectivity index (χ0n) is 11.6. The van der Waals surface area contributed by atoms with Crippen LogP contribution in [-0.2, 0) is 9.53 Å². The Morgan fingerprint density at radius 1 is 1.42 bits per heavy atom. The Hall–Kier alpha value is -1.39. The summed E-state index contributed by atoms with van der Waals surface area (Å²) in [5, 5.41) is 0. The average molecular weight is 262 g/mol. The zero-order valence-corrected chi connectivity index (χ0v) is 11.6.